The molecule has 1 amide bonds. The second kappa shape index (κ2) is 9.33. The lowest BCUT2D eigenvalue weighted by molar-refractivity contribution is -0.0498. The molecule has 0 saturated carbocycles. The predicted molar refractivity (Wildman–Crippen MR) is 116 cm³/mol. The third-order valence-electron chi connectivity index (χ3n) is 5.11. The number of pyridine rings is 2. The number of nitrogen functional groups attached to an aromatic ring is 1. The molecule has 0 radical (unpaired) electrons. The number of anilines is 3. The number of hydrogen-bond donors (Lipinski definition) is 3. The van der Waals surface area contributed by atoms with Crippen LogP contribution in [0.2, 0.25) is 0 Å². The number of rotatable bonds is 6. The Morgan fingerprint density at radius 1 is 1.21 bits per heavy atom. The molecule has 1 aliphatic rings. The summed E-state index contributed by atoms with van der Waals surface area (Å²) < 4.78 is 43.0. The number of halogens is 3. The summed E-state index contributed by atoms with van der Waals surface area (Å²) in [6.45, 7) is -2.05. The SMILES string of the molecule is Nc1ncc(-c2cc(C(=O)Nc3ccc(OC(F)F)cc3)cnc2N2CCC(O)C2)cc1F. The molecule has 1 atom stereocenters. The van der Waals surface area contributed by atoms with Crippen LogP contribution in [0.1, 0.15) is 16.8 Å². The van der Waals surface area contributed by atoms with E-state index in [4.69, 9.17) is 5.73 Å². The van der Waals surface area contributed by atoms with E-state index in [1.807, 2.05) is 4.90 Å². The van der Waals surface area contributed by atoms with E-state index in [0.717, 1.165) is 0 Å². The molecule has 2 aromatic heterocycles. The molecule has 11 heteroatoms. The molecule has 1 saturated heterocycles. The molecular formula is C22H20F3N5O3. The summed E-state index contributed by atoms with van der Waals surface area (Å²) in [6, 6.07) is 8.20. The fraction of sp³-hybridized carbons (Fsp3) is 0.227. The summed E-state index contributed by atoms with van der Waals surface area (Å²) in [5, 5.41) is 12.6. The number of nitrogens with zero attached hydrogens (tertiary/aromatic N) is 3. The van der Waals surface area contributed by atoms with Crippen molar-refractivity contribution in [2.24, 2.45) is 0 Å². The zero-order valence-corrected chi connectivity index (χ0v) is 17.2. The minimum Gasteiger partial charge on any atom is -0.435 e. The maximum atomic E-state index is 14.1. The Balaban J connectivity index is 1.63. The monoisotopic (exact) mass is 459 g/mol. The van der Waals surface area contributed by atoms with Crippen molar-refractivity contribution < 1.29 is 27.8 Å². The third-order valence-corrected chi connectivity index (χ3v) is 5.11. The van der Waals surface area contributed by atoms with Crippen molar-refractivity contribution in [2.45, 2.75) is 19.1 Å². The van der Waals surface area contributed by atoms with Crippen LogP contribution < -0.4 is 20.7 Å². The molecule has 0 spiro atoms. The van der Waals surface area contributed by atoms with Gasteiger partial charge >= 0.3 is 6.61 Å². The van der Waals surface area contributed by atoms with E-state index < -0.39 is 24.4 Å². The van der Waals surface area contributed by atoms with E-state index in [1.54, 1.807) is 6.07 Å². The van der Waals surface area contributed by atoms with Crippen LogP contribution in [0.4, 0.5) is 30.5 Å². The first kappa shape index (κ1) is 22.3. The van der Waals surface area contributed by atoms with E-state index in [0.29, 0.717) is 42.1 Å². The van der Waals surface area contributed by atoms with Gasteiger partial charge in [-0.05, 0) is 42.8 Å². The van der Waals surface area contributed by atoms with Crippen molar-refractivity contribution in [3.63, 3.8) is 0 Å². The minimum atomic E-state index is -2.95. The number of amides is 1. The van der Waals surface area contributed by atoms with Gasteiger partial charge in [-0.1, -0.05) is 0 Å². The van der Waals surface area contributed by atoms with Gasteiger partial charge in [0.15, 0.2) is 11.6 Å². The number of β-amino-alcohol motifs (C(OH)–C–C–N with tert-alkyl or cyclic N) is 1. The van der Waals surface area contributed by atoms with E-state index in [1.165, 1.54) is 42.7 Å². The van der Waals surface area contributed by atoms with Crippen LogP contribution in [0.5, 0.6) is 5.75 Å². The molecule has 1 aromatic carbocycles. The predicted octanol–water partition coefficient (Wildman–Crippen LogP) is 3.29. The highest BCUT2D eigenvalue weighted by atomic mass is 19.3. The quantitative estimate of drug-likeness (QED) is 0.518. The van der Waals surface area contributed by atoms with Gasteiger partial charge in [0.05, 0.1) is 11.7 Å². The minimum absolute atomic E-state index is 0.0398. The number of aromatic nitrogens is 2. The molecule has 4 rings (SSSR count). The largest absolute Gasteiger partial charge is 0.435 e. The van der Waals surface area contributed by atoms with Crippen LogP contribution in [-0.4, -0.2) is 46.8 Å². The fourth-order valence-corrected chi connectivity index (χ4v) is 3.50. The molecule has 3 heterocycles. The highest BCUT2D eigenvalue weighted by molar-refractivity contribution is 6.05. The Labute approximate surface area is 186 Å². The number of nitrogens with one attached hydrogen (secondary N) is 1. The lowest BCUT2D eigenvalue weighted by Gasteiger charge is -2.21. The van der Waals surface area contributed by atoms with Crippen LogP contribution >= 0.6 is 0 Å². The van der Waals surface area contributed by atoms with Crippen molar-refractivity contribution in [1.82, 2.24) is 9.97 Å². The molecule has 4 N–H and O–H groups in total. The van der Waals surface area contributed by atoms with Gasteiger partial charge in [-0.15, -0.1) is 0 Å². The number of carbonyl (C=O) groups is 1. The number of carbonyl (C=O) groups excluding carboxylic acids is 1. The highest BCUT2D eigenvalue weighted by Crippen LogP contribution is 2.33. The average Bonchev–Trinajstić information content (AvgIpc) is 3.22. The Hall–Kier alpha value is -3.86. The second-order valence-electron chi connectivity index (χ2n) is 7.43. The smallest absolute Gasteiger partial charge is 0.387 e. The molecule has 172 valence electrons. The first-order valence-corrected chi connectivity index (χ1v) is 10.0. The van der Waals surface area contributed by atoms with Gasteiger partial charge in [0.2, 0.25) is 0 Å². The van der Waals surface area contributed by atoms with Crippen LogP contribution in [0.25, 0.3) is 11.1 Å². The lowest BCUT2D eigenvalue weighted by atomic mass is 10.1. The first-order valence-electron chi connectivity index (χ1n) is 10.0. The fourth-order valence-electron chi connectivity index (χ4n) is 3.50. The Bertz CT molecular complexity index is 1160. The van der Waals surface area contributed by atoms with Crippen LogP contribution in [0, 0.1) is 5.82 Å². The molecule has 1 unspecified atom stereocenters. The number of aliphatic hydroxyl groups excluding tert-OH is 1. The van der Waals surface area contributed by atoms with Gasteiger partial charge in [-0.3, -0.25) is 4.79 Å². The van der Waals surface area contributed by atoms with E-state index >= 15 is 0 Å². The van der Waals surface area contributed by atoms with E-state index in [-0.39, 0.29) is 17.1 Å². The topological polar surface area (TPSA) is 114 Å². The van der Waals surface area contributed by atoms with Crippen molar-refractivity contribution in [3.05, 3.63) is 60.2 Å². The maximum Gasteiger partial charge on any atom is 0.387 e. The zero-order chi connectivity index (χ0) is 23.5. The van der Waals surface area contributed by atoms with Gasteiger partial charge in [0.25, 0.3) is 5.91 Å². The van der Waals surface area contributed by atoms with Crippen molar-refractivity contribution in [2.75, 3.05) is 29.0 Å². The standard InChI is InChI=1S/C22H20F3N5O3/c23-18-8-12(9-27-19(18)26)17-7-13(10-28-20(17)30-6-5-15(31)11-30)21(32)29-14-1-3-16(4-2-14)33-22(24)25/h1-4,7-10,15,22,31H,5-6,11H2,(H2,26,27)(H,29,32). The van der Waals surface area contributed by atoms with E-state index in [9.17, 15) is 23.1 Å². The van der Waals surface area contributed by atoms with Gasteiger partial charge in [-0.2, -0.15) is 8.78 Å². The number of ether oxygens (including phenoxy) is 1. The zero-order valence-electron chi connectivity index (χ0n) is 17.2. The van der Waals surface area contributed by atoms with Gasteiger partial charge in [0.1, 0.15) is 11.6 Å². The summed E-state index contributed by atoms with van der Waals surface area (Å²) in [5.74, 6) is -1.04. The first-order chi connectivity index (χ1) is 15.8. The van der Waals surface area contributed by atoms with E-state index in [2.05, 4.69) is 20.0 Å². The molecule has 8 nitrogen and oxygen atoms in total. The molecule has 0 aliphatic carbocycles. The number of hydrogen-bond acceptors (Lipinski definition) is 7. The number of benzene rings is 1. The number of alkyl halides is 2. The lowest BCUT2D eigenvalue weighted by Crippen LogP contribution is -2.23. The summed E-state index contributed by atoms with van der Waals surface area (Å²) in [7, 11) is 0. The summed E-state index contributed by atoms with van der Waals surface area (Å²) >= 11 is 0. The maximum absolute atomic E-state index is 14.1. The molecule has 33 heavy (non-hydrogen) atoms. The van der Waals surface area contributed by atoms with Crippen molar-refractivity contribution >= 4 is 23.2 Å². The van der Waals surface area contributed by atoms with Crippen molar-refractivity contribution in [3.8, 4) is 16.9 Å². The Morgan fingerprint density at radius 3 is 2.61 bits per heavy atom. The van der Waals surface area contributed by atoms with Gasteiger partial charge in [0, 0.05) is 42.3 Å². The molecule has 0 bridgehead atoms. The van der Waals surface area contributed by atoms with Gasteiger partial charge in [-0.25, -0.2) is 14.4 Å². The van der Waals surface area contributed by atoms with Crippen LogP contribution in [-0.2, 0) is 0 Å². The molecular weight excluding hydrogens is 439 g/mol. The highest BCUT2D eigenvalue weighted by Gasteiger charge is 2.25. The molecule has 3 aromatic rings. The Kier molecular flexibility index (Phi) is 6.31. The third kappa shape index (κ3) is 5.14. The second-order valence-corrected chi connectivity index (χ2v) is 7.43. The summed E-state index contributed by atoms with van der Waals surface area (Å²) in [4.78, 5) is 22.9. The summed E-state index contributed by atoms with van der Waals surface area (Å²) in [6.07, 6.45) is 2.80. The molecule has 1 fully saturated rings. The Morgan fingerprint density at radius 2 is 1.97 bits per heavy atom. The van der Waals surface area contributed by atoms with Crippen molar-refractivity contribution in [1.29, 1.82) is 0 Å². The molecule has 1 aliphatic heterocycles. The van der Waals surface area contributed by atoms with Crippen LogP contribution in [0.15, 0.2) is 48.8 Å². The summed E-state index contributed by atoms with van der Waals surface area (Å²) in [5.41, 5.74) is 6.84. The van der Waals surface area contributed by atoms with Crippen LogP contribution in [0.3, 0.4) is 0 Å². The van der Waals surface area contributed by atoms with Gasteiger partial charge < -0.3 is 25.8 Å². The number of nitrogens with two attached hydrogens (primary N) is 1. The normalized spacial score (nSPS) is 15.7. The average molecular weight is 459 g/mol. The number of aliphatic hydroxyl groups is 1.